The molecule has 1 aromatic heterocycles. The number of rotatable bonds is 3. The van der Waals surface area contributed by atoms with Gasteiger partial charge in [0.05, 0.1) is 7.11 Å². The van der Waals surface area contributed by atoms with E-state index in [1.165, 1.54) is 7.11 Å². The smallest absolute Gasteiger partial charge is 0.322 e. The van der Waals surface area contributed by atoms with Gasteiger partial charge in [-0.3, -0.25) is 4.79 Å². The molecule has 1 unspecified atom stereocenters. The summed E-state index contributed by atoms with van der Waals surface area (Å²) in [6.07, 6.45) is 1.78. The molecule has 0 aliphatic carbocycles. The number of carbonyl (C=O) groups excluding carboxylic acids is 1. The highest BCUT2D eigenvalue weighted by atomic mass is 16.5. The van der Waals surface area contributed by atoms with Crippen LogP contribution in [0.25, 0.3) is 0 Å². The van der Waals surface area contributed by atoms with Gasteiger partial charge < -0.3 is 15.5 Å². The third kappa shape index (κ3) is 1.86. The number of hydrogen-bond acceptors (Lipinski definition) is 3. The molecule has 2 rings (SSSR count). The summed E-state index contributed by atoms with van der Waals surface area (Å²) in [5.41, 5.74) is 7.11. The molecule has 0 spiro atoms. The van der Waals surface area contributed by atoms with Crippen LogP contribution in [0.2, 0.25) is 0 Å². The van der Waals surface area contributed by atoms with E-state index in [9.17, 15) is 4.79 Å². The van der Waals surface area contributed by atoms with Gasteiger partial charge >= 0.3 is 5.97 Å². The third-order valence-electron chi connectivity index (χ3n) is 3.19. The number of hydrogen-bond donors (Lipinski definition) is 2. The molecule has 0 saturated carbocycles. The van der Waals surface area contributed by atoms with Crippen molar-refractivity contribution in [1.29, 1.82) is 0 Å². The molecule has 4 nitrogen and oxygen atoms in total. The molecule has 2 aromatic rings. The van der Waals surface area contributed by atoms with Crippen LogP contribution in [0.5, 0.6) is 0 Å². The van der Waals surface area contributed by atoms with Crippen LogP contribution in [-0.4, -0.2) is 18.1 Å². The minimum Gasteiger partial charge on any atom is -0.468 e. The Bertz CT molecular complexity index is 549. The van der Waals surface area contributed by atoms with Crippen LogP contribution in [0.3, 0.4) is 0 Å². The topological polar surface area (TPSA) is 68.1 Å². The number of ether oxygens (including phenoxy) is 1. The predicted molar refractivity (Wildman–Crippen MR) is 70.1 cm³/mol. The summed E-state index contributed by atoms with van der Waals surface area (Å²) >= 11 is 0. The molecule has 0 radical (unpaired) electrons. The van der Waals surface area contributed by atoms with Gasteiger partial charge in [0.15, 0.2) is 0 Å². The molecule has 18 heavy (non-hydrogen) atoms. The van der Waals surface area contributed by atoms with Crippen LogP contribution < -0.4 is 5.73 Å². The molecule has 0 aliphatic rings. The lowest BCUT2D eigenvalue weighted by molar-refractivity contribution is -0.145. The van der Waals surface area contributed by atoms with E-state index in [0.29, 0.717) is 5.69 Å². The van der Waals surface area contributed by atoms with E-state index >= 15 is 0 Å². The first kappa shape index (κ1) is 12.2. The first-order valence-corrected chi connectivity index (χ1v) is 5.67. The van der Waals surface area contributed by atoms with E-state index < -0.39 is 5.41 Å². The number of benzene rings is 1. The van der Waals surface area contributed by atoms with Crippen molar-refractivity contribution in [1.82, 2.24) is 4.98 Å². The number of carbonyl (C=O) groups is 1. The number of anilines is 1. The van der Waals surface area contributed by atoms with Gasteiger partial charge in [-0.2, -0.15) is 0 Å². The molecular weight excluding hydrogens is 228 g/mol. The molecule has 1 aromatic carbocycles. The lowest BCUT2D eigenvalue weighted by Crippen LogP contribution is -2.35. The van der Waals surface area contributed by atoms with Gasteiger partial charge in [0.1, 0.15) is 5.41 Å². The van der Waals surface area contributed by atoms with Gasteiger partial charge in [0.2, 0.25) is 0 Å². The molecule has 0 bridgehead atoms. The number of nitrogens with one attached hydrogen (secondary N) is 1. The molecule has 1 heterocycles. The fraction of sp³-hybridized carbons (Fsp3) is 0.214. The largest absolute Gasteiger partial charge is 0.468 e. The number of nitrogens with two attached hydrogens (primary N) is 1. The fourth-order valence-corrected chi connectivity index (χ4v) is 2.08. The average Bonchev–Trinajstić information content (AvgIpc) is 2.91. The summed E-state index contributed by atoms with van der Waals surface area (Å²) < 4.78 is 4.93. The van der Waals surface area contributed by atoms with Gasteiger partial charge in [-0.15, -0.1) is 0 Å². The molecule has 3 N–H and O–H groups in total. The van der Waals surface area contributed by atoms with Gasteiger partial charge in [-0.25, -0.2) is 0 Å². The maximum Gasteiger partial charge on any atom is 0.322 e. The number of H-pyrrole nitrogens is 1. The number of aromatic nitrogens is 1. The van der Waals surface area contributed by atoms with Crippen molar-refractivity contribution < 1.29 is 9.53 Å². The highest BCUT2D eigenvalue weighted by Crippen LogP contribution is 2.33. The quantitative estimate of drug-likeness (QED) is 0.641. The van der Waals surface area contributed by atoms with Gasteiger partial charge in [-0.1, -0.05) is 12.1 Å². The molecule has 4 heteroatoms. The van der Waals surface area contributed by atoms with E-state index in [1.807, 2.05) is 31.2 Å². The van der Waals surface area contributed by atoms with Gasteiger partial charge in [0.25, 0.3) is 0 Å². The van der Waals surface area contributed by atoms with Gasteiger partial charge in [0, 0.05) is 17.6 Å². The van der Waals surface area contributed by atoms with E-state index in [1.54, 1.807) is 18.3 Å². The number of methoxy groups -OCH3 is 1. The molecule has 0 saturated heterocycles. The van der Waals surface area contributed by atoms with E-state index in [0.717, 1.165) is 11.3 Å². The minimum absolute atomic E-state index is 0.324. The lowest BCUT2D eigenvalue weighted by atomic mass is 9.79. The zero-order chi connectivity index (χ0) is 13.2. The summed E-state index contributed by atoms with van der Waals surface area (Å²) in [5.74, 6) is -0.324. The normalized spacial score (nSPS) is 13.9. The Hall–Kier alpha value is -2.23. The Labute approximate surface area is 106 Å². The van der Waals surface area contributed by atoms with E-state index in [-0.39, 0.29) is 5.97 Å². The molecular formula is C14H16N2O2. The standard InChI is InChI=1S/C14H16N2O2/c1-14(13(17)18-2,12-7-4-8-16-12)10-5-3-6-11(15)9-10/h3-9,16H,15H2,1-2H3. The van der Waals surface area contributed by atoms with Crippen molar-refractivity contribution in [2.24, 2.45) is 0 Å². The van der Waals surface area contributed by atoms with E-state index in [4.69, 9.17) is 10.5 Å². The Balaban J connectivity index is 2.60. The second kappa shape index (κ2) is 4.56. The summed E-state index contributed by atoms with van der Waals surface area (Å²) in [6.45, 7) is 1.82. The van der Waals surface area contributed by atoms with Crippen LogP contribution >= 0.6 is 0 Å². The first-order chi connectivity index (χ1) is 8.59. The fourth-order valence-electron chi connectivity index (χ4n) is 2.08. The Morgan fingerprint density at radius 1 is 1.33 bits per heavy atom. The summed E-state index contributed by atoms with van der Waals surface area (Å²) in [7, 11) is 1.38. The summed E-state index contributed by atoms with van der Waals surface area (Å²) in [5, 5.41) is 0. The van der Waals surface area contributed by atoms with Crippen molar-refractivity contribution in [2.75, 3.05) is 12.8 Å². The zero-order valence-corrected chi connectivity index (χ0v) is 10.4. The minimum atomic E-state index is -0.881. The molecule has 0 fully saturated rings. The number of aromatic amines is 1. The van der Waals surface area contributed by atoms with Crippen molar-refractivity contribution in [3.05, 3.63) is 53.9 Å². The Morgan fingerprint density at radius 2 is 2.11 bits per heavy atom. The monoisotopic (exact) mass is 244 g/mol. The Kier molecular flexibility index (Phi) is 3.10. The molecule has 94 valence electrons. The SMILES string of the molecule is COC(=O)C(C)(c1cccc(N)c1)c1ccc[nH]1. The van der Waals surface area contributed by atoms with Crippen LogP contribution in [-0.2, 0) is 14.9 Å². The summed E-state index contributed by atoms with van der Waals surface area (Å²) in [6, 6.07) is 11.0. The van der Waals surface area contributed by atoms with Gasteiger partial charge in [-0.05, 0) is 36.8 Å². The predicted octanol–water partition coefficient (Wildman–Crippen LogP) is 2.08. The maximum absolute atomic E-state index is 12.2. The van der Waals surface area contributed by atoms with Crippen molar-refractivity contribution >= 4 is 11.7 Å². The third-order valence-corrected chi connectivity index (χ3v) is 3.19. The Morgan fingerprint density at radius 3 is 2.67 bits per heavy atom. The number of esters is 1. The average molecular weight is 244 g/mol. The molecule has 0 amide bonds. The van der Waals surface area contributed by atoms with Crippen molar-refractivity contribution in [2.45, 2.75) is 12.3 Å². The highest BCUT2D eigenvalue weighted by Gasteiger charge is 2.39. The summed E-state index contributed by atoms with van der Waals surface area (Å²) in [4.78, 5) is 15.2. The highest BCUT2D eigenvalue weighted by molar-refractivity contribution is 5.86. The lowest BCUT2D eigenvalue weighted by Gasteiger charge is -2.26. The zero-order valence-electron chi connectivity index (χ0n) is 10.4. The first-order valence-electron chi connectivity index (χ1n) is 5.67. The van der Waals surface area contributed by atoms with E-state index in [2.05, 4.69) is 4.98 Å². The molecule has 0 aliphatic heterocycles. The van der Waals surface area contributed by atoms with Crippen LogP contribution in [0.15, 0.2) is 42.6 Å². The second-order valence-electron chi connectivity index (χ2n) is 4.33. The second-order valence-corrected chi connectivity index (χ2v) is 4.33. The molecule has 1 atom stereocenters. The van der Waals surface area contributed by atoms with Crippen LogP contribution in [0.1, 0.15) is 18.2 Å². The maximum atomic E-state index is 12.2. The number of nitrogen functional groups attached to an aromatic ring is 1. The van der Waals surface area contributed by atoms with Crippen molar-refractivity contribution in [3.63, 3.8) is 0 Å². The van der Waals surface area contributed by atoms with Crippen LogP contribution in [0.4, 0.5) is 5.69 Å². The van der Waals surface area contributed by atoms with Crippen LogP contribution in [0, 0.1) is 0 Å². The van der Waals surface area contributed by atoms with Crippen molar-refractivity contribution in [3.8, 4) is 0 Å².